The van der Waals surface area contributed by atoms with Crippen LogP contribution in [-0.2, 0) is 12.7 Å². The molecule has 0 radical (unpaired) electrons. The molecule has 9 heteroatoms. The van der Waals surface area contributed by atoms with Gasteiger partial charge >= 0.3 is 12.0 Å². The first-order valence-corrected chi connectivity index (χ1v) is 7.54. The fourth-order valence-electron chi connectivity index (χ4n) is 2.45. The zero-order valence-electron chi connectivity index (χ0n) is 13.5. The number of benzene rings is 1. The molecule has 0 spiro atoms. The lowest BCUT2D eigenvalue weighted by atomic mass is 10.1. The molecule has 0 aliphatic heterocycles. The van der Waals surface area contributed by atoms with Gasteiger partial charge in [0, 0.05) is 6.54 Å². The highest BCUT2D eigenvalue weighted by atomic mass is 19.4. The molecule has 25 heavy (non-hydrogen) atoms. The van der Waals surface area contributed by atoms with Gasteiger partial charge in [0.05, 0.1) is 11.3 Å². The third kappa shape index (κ3) is 3.35. The van der Waals surface area contributed by atoms with Crippen molar-refractivity contribution in [3.8, 4) is 0 Å². The zero-order valence-corrected chi connectivity index (χ0v) is 13.5. The number of alkyl halides is 3. The minimum absolute atomic E-state index is 0.0326. The summed E-state index contributed by atoms with van der Waals surface area (Å²) in [6.45, 7) is 3.85. The summed E-state index contributed by atoms with van der Waals surface area (Å²) in [7, 11) is 0. The standard InChI is InChI=1S/C16H15F3N4O2/c1-9(2)12-13(25-15-21-8-22-23(12)15)14(24)20-7-10-3-5-11(6-4-10)16(17,18)19/h3-6,8-9H,7H2,1-2H3,(H,20,24). The van der Waals surface area contributed by atoms with Crippen molar-refractivity contribution in [2.24, 2.45) is 0 Å². The second-order valence-electron chi connectivity index (χ2n) is 5.80. The molecule has 3 rings (SSSR count). The van der Waals surface area contributed by atoms with Gasteiger partial charge < -0.3 is 9.73 Å². The van der Waals surface area contributed by atoms with Crippen LogP contribution in [0.4, 0.5) is 13.2 Å². The molecule has 2 heterocycles. The summed E-state index contributed by atoms with van der Waals surface area (Å²) < 4.78 is 44.5. The van der Waals surface area contributed by atoms with Crippen molar-refractivity contribution in [2.75, 3.05) is 0 Å². The average molecular weight is 352 g/mol. The highest BCUT2D eigenvalue weighted by Gasteiger charge is 2.30. The van der Waals surface area contributed by atoms with E-state index in [0.29, 0.717) is 11.3 Å². The van der Waals surface area contributed by atoms with Crippen LogP contribution in [0.3, 0.4) is 0 Å². The van der Waals surface area contributed by atoms with E-state index >= 15 is 0 Å². The van der Waals surface area contributed by atoms with Crippen molar-refractivity contribution in [3.05, 3.63) is 53.2 Å². The maximum absolute atomic E-state index is 12.5. The van der Waals surface area contributed by atoms with Gasteiger partial charge in [-0.3, -0.25) is 4.79 Å². The number of halogens is 3. The second kappa shape index (κ2) is 6.23. The van der Waals surface area contributed by atoms with Gasteiger partial charge in [0.25, 0.3) is 5.91 Å². The largest absolute Gasteiger partial charge is 0.416 e. The Labute approximate surface area is 140 Å². The van der Waals surface area contributed by atoms with E-state index in [-0.39, 0.29) is 24.1 Å². The van der Waals surface area contributed by atoms with Gasteiger partial charge in [-0.2, -0.15) is 27.8 Å². The smallest absolute Gasteiger partial charge is 0.416 e. The maximum atomic E-state index is 12.5. The van der Waals surface area contributed by atoms with E-state index in [1.807, 2.05) is 13.8 Å². The van der Waals surface area contributed by atoms with Crippen LogP contribution in [0.15, 0.2) is 35.0 Å². The molecule has 1 amide bonds. The number of carbonyl (C=O) groups excluding carboxylic acids is 1. The number of hydrogen-bond donors (Lipinski definition) is 1. The number of fused-ring (bicyclic) bond motifs is 1. The maximum Gasteiger partial charge on any atom is 0.416 e. The molecule has 1 N–H and O–H groups in total. The van der Waals surface area contributed by atoms with E-state index in [0.717, 1.165) is 12.1 Å². The number of carbonyl (C=O) groups is 1. The molecular formula is C16H15F3N4O2. The molecule has 0 unspecified atom stereocenters. The lowest BCUT2D eigenvalue weighted by Crippen LogP contribution is -2.24. The molecule has 0 atom stereocenters. The predicted molar refractivity (Wildman–Crippen MR) is 82.0 cm³/mol. The van der Waals surface area contributed by atoms with Crippen molar-refractivity contribution in [2.45, 2.75) is 32.5 Å². The summed E-state index contributed by atoms with van der Waals surface area (Å²) in [5, 5.41) is 6.66. The molecule has 0 aliphatic carbocycles. The summed E-state index contributed by atoms with van der Waals surface area (Å²) in [6, 6.07) is 4.60. The predicted octanol–water partition coefficient (Wildman–Crippen LogP) is 3.39. The van der Waals surface area contributed by atoms with Crippen molar-refractivity contribution in [3.63, 3.8) is 0 Å². The van der Waals surface area contributed by atoms with Crippen LogP contribution >= 0.6 is 0 Å². The van der Waals surface area contributed by atoms with Gasteiger partial charge in [-0.05, 0) is 23.6 Å². The summed E-state index contributed by atoms with van der Waals surface area (Å²) in [5.74, 6) is -0.202. The van der Waals surface area contributed by atoms with E-state index < -0.39 is 17.6 Å². The molecule has 6 nitrogen and oxygen atoms in total. The van der Waals surface area contributed by atoms with Crippen LogP contribution in [0.1, 0.15) is 47.1 Å². The topological polar surface area (TPSA) is 72.4 Å². The average Bonchev–Trinajstić information content (AvgIpc) is 3.12. The first-order valence-electron chi connectivity index (χ1n) is 7.54. The Balaban J connectivity index is 1.75. The Morgan fingerprint density at radius 3 is 2.56 bits per heavy atom. The molecule has 2 aromatic heterocycles. The summed E-state index contributed by atoms with van der Waals surface area (Å²) in [5.41, 5.74) is 0.391. The molecule has 0 bridgehead atoms. The molecule has 0 saturated heterocycles. The molecule has 1 aromatic carbocycles. The summed E-state index contributed by atoms with van der Waals surface area (Å²) in [4.78, 5) is 16.3. The van der Waals surface area contributed by atoms with Crippen LogP contribution in [-0.4, -0.2) is 20.5 Å². The van der Waals surface area contributed by atoms with Gasteiger partial charge in [0.1, 0.15) is 6.33 Å². The van der Waals surface area contributed by atoms with Crippen molar-refractivity contribution >= 4 is 11.8 Å². The molecular weight excluding hydrogens is 337 g/mol. The lowest BCUT2D eigenvalue weighted by Gasteiger charge is -2.09. The fourth-order valence-corrected chi connectivity index (χ4v) is 2.45. The van der Waals surface area contributed by atoms with E-state index in [1.54, 1.807) is 0 Å². The number of nitrogens with one attached hydrogen (secondary N) is 1. The van der Waals surface area contributed by atoms with Gasteiger partial charge in [-0.1, -0.05) is 26.0 Å². The van der Waals surface area contributed by atoms with Crippen LogP contribution in [0.2, 0.25) is 0 Å². The van der Waals surface area contributed by atoms with Gasteiger partial charge in [0.2, 0.25) is 5.76 Å². The third-order valence-electron chi connectivity index (χ3n) is 3.66. The van der Waals surface area contributed by atoms with Crippen LogP contribution < -0.4 is 5.32 Å². The summed E-state index contributed by atoms with van der Waals surface area (Å²) >= 11 is 0. The minimum atomic E-state index is -4.39. The normalized spacial score (nSPS) is 12.1. The van der Waals surface area contributed by atoms with Crippen LogP contribution in [0.5, 0.6) is 0 Å². The highest BCUT2D eigenvalue weighted by molar-refractivity contribution is 5.93. The third-order valence-corrected chi connectivity index (χ3v) is 3.66. The SMILES string of the molecule is CC(C)c1c(C(=O)NCc2ccc(C(F)(F)F)cc2)oc2ncnn12. The van der Waals surface area contributed by atoms with E-state index in [1.165, 1.54) is 23.0 Å². The highest BCUT2D eigenvalue weighted by Crippen LogP contribution is 2.29. The van der Waals surface area contributed by atoms with Crippen molar-refractivity contribution in [1.82, 2.24) is 19.9 Å². The molecule has 0 aliphatic rings. The molecule has 132 valence electrons. The lowest BCUT2D eigenvalue weighted by molar-refractivity contribution is -0.137. The second-order valence-corrected chi connectivity index (χ2v) is 5.80. The quantitative estimate of drug-likeness (QED) is 0.781. The fraction of sp³-hybridized carbons (Fsp3) is 0.312. The van der Waals surface area contributed by atoms with Crippen molar-refractivity contribution < 1.29 is 22.4 Å². The Morgan fingerprint density at radius 1 is 1.28 bits per heavy atom. The Morgan fingerprint density at radius 2 is 1.96 bits per heavy atom. The molecule has 0 saturated carbocycles. The number of aromatic nitrogens is 3. The van der Waals surface area contributed by atoms with Gasteiger partial charge in [-0.25, -0.2) is 0 Å². The number of oxazole rings is 1. The van der Waals surface area contributed by atoms with Crippen LogP contribution in [0.25, 0.3) is 5.84 Å². The Kier molecular flexibility index (Phi) is 4.23. The summed E-state index contributed by atoms with van der Waals surface area (Å²) in [6.07, 6.45) is -3.06. The van der Waals surface area contributed by atoms with E-state index in [9.17, 15) is 18.0 Å². The van der Waals surface area contributed by atoms with E-state index in [2.05, 4.69) is 15.4 Å². The first-order chi connectivity index (χ1) is 11.8. The minimum Gasteiger partial charge on any atom is -0.416 e. The first kappa shape index (κ1) is 17.0. The molecule has 3 aromatic rings. The molecule has 0 fully saturated rings. The number of hydrogen-bond acceptors (Lipinski definition) is 4. The van der Waals surface area contributed by atoms with Crippen molar-refractivity contribution in [1.29, 1.82) is 0 Å². The monoisotopic (exact) mass is 352 g/mol. The number of amides is 1. The zero-order chi connectivity index (χ0) is 18.2. The van der Waals surface area contributed by atoms with Gasteiger partial charge in [-0.15, -0.1) is 0 Å². The Bertz CT molecular complexity index is 894. The van der Waals surface area contributed by atoms with Crippen LogP contribution in [0, 0.1) is 0 Å². The number of rotatable bonds is 4. The van der Waals surface area contributed by atoms with Gasteiger partial charge in [0.15, 0.2) is 0 Å². The Hall–Kier alpha value is -2.84. The van der Waals surface area contributed by atoms with E-state index in [4.69, 9.17) is 4.42 Å². The number of nitrogens with zero attached hydrogens (tertiary/aromatic N) is 3.